The molecule has 0 radical (unpaired) electrons. The van der Waals surface area contributed by atoms with Gasteiger partial charge in [0.15, 0.2) is 0 Å². The first-order chi connectivity index (χ1) is 13.9. The molecule has 6 rings (SSSR count). The van der Waals surface area contributed by atoms with E-state index in [1.54, 1.807) is 0 Å². The standard InChI is InChI=1S/C21H29N7/c1-4-14-16(23-9-1)12-17(26-14)20-8-7-15-19(5-2-10-22-15)27(20)28-21-6-3-11-24-18(21)13-25-28/h1,4-5,9,12,15,18,20-22,24-26H,2-3,6-8,10-11,13H2. The third-order valence-electron chi connectivity index (χ3n) is 6.87. The highest BCUT2D eigenvalue weighted by atomic mass is 15.8. The molecule has 0 amide bonds. The van der Waals surface area contributed by atoms with Crippen molar-refractivity contribution in [3.05, 3.63) is 41.9 Å². The number of aromatic amines is 1. The lowest BCUT2D eigenvalue weighted by atomic mass is 9.91. The summed E-state index contributed by atoms with van der Waals surface area (Å²) in [6, 6.07) is 8.20. The van der Waals surface area contributed by atoms with Crippen molar-refractivity contribution >= 4 is 11.0 Å². The summed E-state index contributed by atoms with van der Waals surface area (Å²) in [4.78, 5) is 8.21. The quantitative estimate of drug-likeness (QED) is 0.638. The maximum absolute atomic E-state index is 4.55. The number of piperidine rings is 2. The van der Waals surface area contributed by atoms with Crippen LogP contribution in [-0.4, -0.2) is 57.9 Å². The maximum atomic E-state index is 4.55. The summed E-state index contributed by atoms with van der Waals surface area (Å²) in [5, 5.41) is 12.5. The van der Waals surface area contributed by atoms with Gasteiger partial charge in [-0.25, -0.2) is 5.43 Å². The summed E-state index contributed by atoms with van der Waals surface area (Å²) in [5.41, 5.74) is 8.63. The second kappa shape index (κ2) is 6.84. The van der Waals surface area contributed by atoms with Gasteiger partial charge >= 0.3 is 0 Å². The Kier molecular flexibility index (Phi) is 4.15. The van der Waals surface area contributed by atoms with Crippen LogP contribution in [0.25, 0.3) is 11.0 Å². The van der Waals surface area contributed by atoms with E-state index in [4.69, 9.17) is 0 Å². The molecule has 2 aromatic rings. The van der Waals surface area contributed by atoms with E-state index in [1.807, 2.05) is 12.3 Å². The Bertz CT molecular complexity index is 857. The van der Waals surface area contributed by atoms with Gasteiger partial charge in [-0.15, -0.1) is 0 Å². The van der Waals surface area contributed by atoms with E-state index in [2.05, 4.69) is 54.4 Å². The summed E-state index contributed by atoms with van der Waals surface area (Å²) in [6.07, 6.45) is 10.2. The summed E-state index contributed by atoms with van der Waals surface area (Å²) >= 11 is 0. The van der Waals surface area contributed by atoms with Crippen molar-refractivity contribution < 1.29 is 0 Å². The van der Waals surface area contributed by atoms with Gasteiger partial charge in [0.25, 0.3) is 0 Å². The van der Waals surface area contributed by atoms with Crippen molar-refractivity contribution in [3.63, 3.8) is 0 Å². The monoisotopic (exact) mass is 379 g/mol. The summed E-state index contributed by atoms with van der Waals surface area (Å²) in [5.74, 6) is 0. The maximum Gasteiger partial charge on any atom is 0.0882 e. The smallest absolute Gasteiger partial charge is 0.0882 e. The second-order valence-electron chi connectivity index (χ2n) is 8.50. The van der Waals surface area contributed by atoms with Crippen LogP contribution in [0.5, 0.6) is 0 Å². The second-order valence-corrected chi connectivity index (χ2v) is 8.50. The Morgan fingerprint density at radius 1 is 1.11 bits per heavy atom. The predicted octanol–water partition coefficient (Wildman–Crippen LogP) is 1.80. The number of hydrazine groups is 2. The predicted molar refractivity (Wildman–Crippen MR) is 109 cm³/mol. The fraction of sp³-hybridized carbons (Fsp3) is 0.571. The van der Waals surface area contributed by atoms with Crippen LogP contribution in [0.3, 0.4) is 0 Å². The lowest BCUT2D eigenvalue weighted by Gasteiger charge is -2.50. The van der Waals surface area contributed by atoms with E-state index in [1.165, 1.54) is 30.7 Å². The average molecular weight is 380 g/mol. The van der Waals surface area contributed by atoms with Gasteiger partial charge in [-0.05, 0) is 63.4 Å². The minimum atomic E-state index is 0.310. The molecule has 6 heterocycles. The molecule has 0 bridgehead atoms. The molecule has 7 heteroatoms. The van der Waals surface area contributed by atoms with Gasteiger partial charge in [0.1, 0.15) is 0 Å². The minimum Gasteiger partial charge on any atom is -0.355 e. The van der Waals surface area contributed by atoms with Crippen molar-refractivity contribution in [2.75, 3.05) is 19.6 Å². The van der Waals surface area contributed by atoms with Gasteiger partial charge < -0.3 is 15.6 Å². The van der Waals surface area contributed by atoms with Crippen molar-refractivity contribution in [1.29, 1.82) is 0 Å². The molecule has 148 valence electrons. The highest BCUT2D eigenvalue weighted by molar-refractivity contribution is 5.75. The number of aromatic nitrogens is 2. The molecule has 2 aromatic heterocycles. The van der Waals surface area contributed by atoms with E-state index in [0.717, 1.165) is 43.5 Å². The molecule has 0 aromatic carbocycles. The summed E-state index contributed by atoms with van der Waals surface area (Å²) in [7, 11) is 0. The average Bonchev–Trinajstić information content (AvgIpc) is 3.37. The third kappa shape index (κ3) is 2.69. The summed E-state index contributed by atoms with van der Waals surface area (Å²) < 4.78 is 0. The molecule has 4 unspecified atom stereocenters. The molecule has 0 spiro atoms. The fourth-order valence-corrected chi connectivity index (χ4v) is 5.55. The van der Waals surface area contributed by atoms with Crippen LogP contribution in [0.2, 0.25) is 0 Å². The van der Waals surface area contributed by atoms with Crippen LogP contribution in [0.15, 0.2) is 36.2 Å². The fourth-order valence-electron chi connectivity index (χ4n) is 5.55. The van der Waals surface area contributed by atoms with E-state index >= 15 is 0 Å². The molecule has 4 atom stereocenters. The van der Waals surface area contributed by atoms with E-state index in [0.29, 0.717) is 24.2 Å². The van der Waals surface area contributed by atoms with Crippen LogP contribution in [0.4, 0.5) is 0 Å². The first-order valence-corrected chi connectivity index (χ1v) is 10.8. The van der Waals surface area contributed by atoms with Crippen LogP contribution >= 0.6 is 0 Å². The molecule has 3 saturated heterocycles. The Morgan fingerprint density at radius 3 is 3.07 bits per heavy atom. The van der Waals surface area contributed by atoms with Crippen LogP contribution in [-0.2, 0) is 0 Å². The Labute approximate surface area is 165 Å². The molecule has 28 heavy (non-hydrogen) atoms. The van der Waals surface area contributed by atoms with Gasteiger partial charge in [0, 0.05) is 36.2 Å². The molecule has 0 saturated carbocycles. The van der Waals surface area contributed by atoms with Gasteiger partial charge in [0.2, 0.25) is 0 Å². The summed E-state index contributed by atoms with van der Waals surface area (Å²) in [6.45, 7) is 3.23. The SMILES string of the molecule is C1=C2C(CCC(c3cc4ncccc4[nH]3)N2N2NCC3NCCCC32)NCC1. The molecule has 7 nitrogen and oxygen atoms in total. The lowest BCUT2D eigenvalue weighted by molar-refractivity contribution is -0.106. The highest BCUT2D eigenvalue weighted by Gasteiger charge is 2.45. The lowest BCUT2D eigenvalue weighted by Crippen LogP contribution is -2.60. The van der Waals surface area contributed by atoms with Gasteiger partial charge in [-0.3, -0.25) is 9.99 Å². The largest absolute Gasteiger partial charge is 0.355 e. The zero-order chi connectivity index (χ0) is 18.5. The van der Waals surface area contributed by atoms with Gasteiger partial charge in [-0.1, -0.05) is 6.08 Å². The number of pyridine rings is 1. The third-order valence-corrected chi connectivity index (χ3v) is 6.87. The van der Waals surface area contributed by atoms with Crippen molar-refractivity contribution in [1.82, 2.24) is 36.2 Å². The minimum absolute atomic E-state index is 0.310. The first kappa shape index (κ1) is 17.0. The number of fused-ring (bicyclic) bond motifs is 3. The number of nitrogens with one attached hydrogen (secondary N) is 4. The Morgan fingerprint density at radius 2 is 2.11 bits per heavy atom. The topological polar surface area (TPSA) is 71.2 Å². The highest BCUT2D eigenvalue weighted by Crippen LogP contribution is 2.41. The zero-order valence-electron chi connectivity index (χ0n) is 16.2. The van der Waals surface area contributed by atoms with E-state index < -0.39 is 0 Å². The van der Waals surface area contributed by atoms with Crippen LogP contribution in [0, 0.1) is 0 Å². The van der Waals surface area contributed by atoms with Crippen LogP contribution < -0.4 is 16.1 Å². The Balaban J connectivity index is 1.41. The van der Waals surface area contributed by atoms with Crippen LogP contribution in [0.1, 0.15) is 43.8 Å². The number of hydrogen-bond donors (Lipinski definition) is 4. The normalized spacial score (nSPS) is 33.6. The Hall–Kier alpha value is -1.93. The molecule has 4 N–H and O–H groups in total. The zero-order valence-corrected chi connectivity index (χ0v) is 16.2. The van der Waals surface area contributed by atoms with Crippen molar-refractivity contribution in [2.24, 2.45) is 0 Å². The van der Waals surface area contributed by atoms with Crippen molar-refractivity contribution in [3.8, 4) is 0 Å². The number of rotatable bonds is 2. The first-order valence-electron chi connectivity index (χ1n) is 10.8. The van der Waals surface area contributed by atoms with Gasteiger partial charge in [0.05, 0.1) is 23.1 Å². The number of nitrogens with zero attached hydrogens (tertiary/aromatic N) is 3. The molecule has 3 fully saturated rings. The van der Waals surface area contributed by atoms with E-state index in [-0.39, 0.29) is 0 Å². The molecular formula is C21H29N7. The van der Waals surface area contributed by atoms with E-state index in [9.17, 15) is 0 Å². The molecule has 0 aliphatic carbocycles. The van der Waals surface area contributed by atoms with Crippen molar-refractivity contribution in [2.45, 2.75) is 56.3 Å². The van der Waals surface area contributed by atoms with Gasteiger partial charge in [-0.2, -0.15) is 5.12 Å². The number of hydrogen-bond acceptors (Lipinski definition) is 6. The molecular weight excluding hydrogens is 350 g/mol. The molecule has 4 aliphatic heterocycles. The molecule has 4 aliphatic rings. The number of H-pyrrole nitrogens is 1.